The van der Waals surface area contributed by atoms with Gasteiger partial charge in [-0.3, -0.25) is 13.7 Å². The van der Waals surface area contributed by atoms with E-state index in [2.05, 4.69) is 19.9 Å². The summed E-state index contributed by atoms with van der Waals surface area (Å²) in [4.78, 5) is 5.43. The van der Waals surface area contributed by atoms with Gasteiger partial charge >= 0.3 is 10.1 Å². The molecule has 40 heavy (non-hydrogen) atoms. The highest BCUT2D eigenvalue weighted by Crippen LogP contribution is 2.42. The number of hydrogen-bond donors (Lipinski definition) is 5. The maximum Gasteiger partial charge on any atom is 0.342 e. The summed E-state index contributed by atoms with van der Waals surface area (Å²) in [5.41, 5.74) is -1.37. The summed E-state index contributed by atoms with van der Waals surface area (Å²) in [5.74, 6) is -1.02. The van der Waals surface area contributed by atoms with Gasteiger partial charge in [0.15, 0.2) is 16.5 Å². The van der Waals surface area contributed by atoms with Gasteiger partial charge in [0.1, 0.15) is 26.0 Å². The third-order valence-electron chi connectivity index (χ3n) is 5.35. The van der Waals surface area contributed by atoms with Crippen molar-refractivity contribution in [2.24, 2.45) is 0 Å². The smallest absolute Gasteiger partial charge is 0.342 e. The van der Waals surface area contributed by atoms with Crippen LogP contribution in [0, 0.1) is 0 Å². The molecular formula is C20H14N4O12S4. The molecule has 20 heteroatoms. The number of para-hydroxylation sites is 3. The van der Waals surface area contributed by atoms with Gasteiger partial charge in [0.25, 0.3) is 30.4 Å². The van der Waals surface area contributed by atoms with Gasteiger partial charge in [0.2, 0.25) is 0 Å². The van der Waals surface area contributed by atoms with Crippen LogP contribution in [0.5, 0.6) is 5.75 Å². The first-order valence-electron chi connectivity index (χ1n) is 10.5. The monoisotopic (exact) mass is 630 g/mol. The van der Waals surface area contributed by atoms with Crippen LogP contribution < -0.4 is 4.18 Å². The van der Waals surface area contributed by atoms with E-state index >= 15 is 0 Å². The van der Waals surface area contributed by atoms with E-state index in [4.69, 9.17) is 4.18 Å². The zero-order chi connectivity index (χ0) is 29.3. The molecule has 0 bridgehead atoms. The molecule has 2 heterocycles. The highest BCUT2D eigenvalue weighted by Gasteiger charge is 2.44. The maximum absolute atomic E-state index is 13.4. The van der Waals surface area contributed by atoms with Crippen LogP contribution in [0.4, 0.5) is 0 Å². The number of fused-ring (bicyclic) bond motifs is 2. The van der Waals surface area contributed by atoms with Crippen molar-refractivity contribution in [1.29, 1.82) is 0 Å². The fourth-order valence-corrected chi connectivity index (χ4v) is 9.16. The first-order valence-corrected chi connectivity index (χ1v) is 16.2. The average Bonchev–Trinajstić information content (AvgIpc) is 3.45. The lowest BCUT2D eigenvalue weighted by atomic mass is 10.3. The molecule has 0 radical (unpaired) electrons. The zero-order valence-corrected chi connectivity index (χ0v) is 22.5. The van der Waals surface area contributed by atoms with Crippen LogP contribution in [0.25, 0.3) is 33.7 Å². The molecule has 0 spiro atoms. The van der Waals surface area contributed by atoms with E-state index in [-0.39, 0.29) is 5.82 Å². The Morgan fingerprint density at radius 2 is 1.12 bits per heavy atom. The van der Waals surface area contributed by atoms with Crippen molar-refractivity contribution in [2.45, 2.75) is 19.6 Å². The molecule has 0 amide bonds. The highest BCUT2D eigenvalue weighted by atomic mass is 32.2. The van der Waals surface area contributed by atoms with Crippen LogP contribution in [0.15, 0.2) is 74.2 Å². The van der Waals surface area contributed by atoms with Crippen molar-refractivity contribution >= 4 is 62.5 Å². The minimum absolute atomic E-state index is 0.159. The Balaban J connectivity index is 2.01. The number of hydrogen-bond acceptors (Lipinski definition) is 11. The SMILES string of the molecule is O=S(=O)(O)c1c(S(=O)(=O)O)c(S(=O)(=O)O)c2[nH]c(-c3nc4ccccc4[nH]3)nc2c1S(=O)(=O)Oc1ccccc1. The van der Waals surface area contributed by atoms with E-state index < -0.39 is 82.7 Å². The second-order valence-corrected chi connectivity index (χ2v) is 13.6. The predicted octanol–water partition coefficient (Wildman–Crippen LogP) is 1.61. The predicted molar refractivity (Wildman–Crippen MR) is 135 cm³/mol. The molecule has 16 nitrogen and oxygen atoms in total. The number of nitrogens with one attached hydrogen (secondary N) is 2. The molecule has 0 aliphatic heterocycles. The molecule has 5 N–H and O–H groups in total. The normalized spacial score (nSPS) is 13.2. The topological polar surface area (TPSA) is 264 Å². The summed E-state index contributed by atoms with van der Waals surface area (Å²) in [7, 11) is -23.3. The van der Waals surface area contributed by atoms with Crippen LogP contribution in [0.3, 0.4) is 0 Å². The van der Waals surface area contributed by atoms with Gasteiger partial charge in [-0.15, -0.1) is 0 Å². The summed E-state index contributed by atoms with van der Waals surface area (Å²) >= 11 is 0. The molecule has 5 rings (SSSR count). The first kappa shape index (κ1) is 27.6. The van der Waals surface area contributed by atoms with E-state index in [1.54, 1.807) is 24.3 Å². The fraction of sp³-hybridized carbons (Fsp3) is 0. The van der Waals surface area contributed by atoms with Crippen LogP contribution in [0.2, 0.25) is 0 Å². The summed E-state index contributed by atoms with van der Waals surface area (Å²) in [5, 5.41) is 0. The minimum Gasteiger partial charge on any atom is -0.379 e. The highest BCUT2D eigenvalue weighted by molar-refractivity contribution is 7.92. The van der Waals surface area contributed by atoms with Crippen molar-refractivity contribution in [3.05, 3.63) is 54.6 Å². The fourth-order valence-electron chi connectivity index (χ4n) is 3.90. The third kappa shape index (κ3) is 4.81. The number of aromatic nitrogens is 4. The molecule has 3 aromatic carbocycles. The molecule has 0 aliphatic rings. The zero-order valence-electron chi connectivity index (χ0n) is 19.2. The van der Waals surface area contributed by atoms with Crippen molar-refractivity contribution in [2.75, 3.05) is 0 Å². The van der Waals surface area contributed by atoms with E-state index in [1.165, 1.54) is 18.2 Å². The number of nitrogens with zero attached hydrogens (tertiary/aromatic N) is 2. The summed E-state index contributed by atoms with van der Waals surface area (Å²) in [6, 6.07) is 12.8. The number of rotatable bonds is 7. The molecular weight excluding hydrogens is 617 g/mol. The van der Waals surface area contributed by atoms with Gasteiger partial charge in [-0.1, -0.05) is 30.3 Å². The second kappa shape index (κ2) is 9.05. The Labute approximate surface area is 225 Å². The van der Waals surface area contributed by atoms with E-state index in [1.807, 2.05) is 0 Å². The van der Waals surface area contributed by atoms with Crippen LogP contribution in [-0.4, -0.2) is 67.3 Å². The summed E-state index contributed by atoms with van der Waals surface area (Å²) in [6.07, 6.45) is 0. The maximum atomic E-state index is 13.4. The molecule has 0 aliphatic carbocycles. The average molecular weight is 631 g/mol. The Morgan fingerprint density at radius 1 is 0.600 bits per heavy atom. The third-order valence-corrected chi connectivity index (χ3v) is 9.82. The van der Waals surface area contributed by atoms with E-state index in [0.29, 0.717) is 11.0 Å². The largest absolute Gasteiger partial charge is 0.379 e. The lowest BCUT2D eigenvalue weighted by molar-refractivity contribution is 0.449. The molecule has 210 valence electrons. The van der Waals surface area contributed by atoms with Crippen molar-refractivity contribution < 1.29 is 51.5 Å². The summed E-state index contributed by atoms with van der Waals surface area (Å²) in [6.45, 7) is 0. The Morgan fingerprint density at radius 3 is 1.70 bits per heavy atom. The van der Waals surface area contributed by atoms with Gasteiger partial charge in [-0.25, -0.2) is 9.97 Å². The molecule has 0 saturated heterocycles. The molecule has 5 aromatic rings. The molecule has 0 unspecified atom stereocenters. The van der Waals surface area contributed by atoms with Crippen molar-refractivity contribution in [1.82, 2.24) is 19.9 Å². The first-order chi connectivity index (χ1) is 18.5. The summed E-state index contributed by atoms with van der Waals surface area (Å²) < 4.78 is 136. The van der Waals surface area contributed by atoms with Crippen LogP contribution in [0.1, 0.15) is 0 Å². The Kier molecular flexibility index (Phi) is 6.26. The lowest BCUT2D eigenvalue weighted by Gasteiger charge is -2.15. The van der Waals surface area contributed by atoms with Crippen molar-refractivity contribution in [3.8, 4) is 17.4 Å². The van der Waals surface area contributed by atoms with Gasteiger partial charge in [-0.2, -0.15) is 33.7 Å². The van der Waals surface area contributed by atoms with E-state index in [9.17, 15) is 47.3 Å². The standard InChI is InChI=1S/C20H14N4O12S4/c25-37(26,27)15-13-14(24-20(23-13)19-21-11-8-4-5-9-12(11)22-19)16(18(39(31,32)33)17(15)38(28,29)30)40(34,35)36-10-6-2-1-3-7-10/h1-9H,(H,21,22)(H,23,24)(H,25,26,27)(H,28,29,30)(H,31,32,33). The molecule has 2 aromatic heterocycles. The second-order valence-electron chi connectivity index (χ2n) is 8.00. The molecule has 0 fully saturated rings. The van der Waals surface area contributed by atoms with Gasteiger partial charge < -0.3 is 14.2 Å². The van der Waals surface area contributed by atoms with E-state index in [0.717, 1.165) is 12.1 Å². The van der Waals surface area contributed by atoms with Gasteiger partial charge in [0, 0.05) is 0 Å². The number of imidazole rings is 2. The number of H-pyrrole nitrogens is 2. The van der Waals surface area contributed by atoms with Gasteiger partial charge in [0.05, 0.1) is 16.6 Å². The Hall–Kier alpha value is -3.92. The molecule has 0 atom stereocenters. The van der Waals surface area contributed by atoms with Gasteiger partial charge in [-0.05, 0) is 24.3 Å². The lowest BCUT2D eigenvalue weighted by Crippen LogP contribution is -2.21. The Bertz CT molecular complexity index is 2240. The van der Waals surface area contributed by atoms with Crippen LogP contribution in [-0.2, 0) is 40.5 Å². The van der Waals surface area contributed by atoms with Crippen molar-refractivity contribution in [3.63, 3.8) is 0 Å². The number of benzene rings is 3. The van der Waals surface area contributed by atoms with Crippen LogP contribution >= 0.6 is 0 Å². The molecule has 0 saturated carbocycles. The number of aromatic amines is 2. The minimum atomic E-state index is -6.02. The quantitative estimate of drug-likeness (QED) is 0.126.